The average Bonchev–Trinajstić information content (AvgIpc) is 3.25. The second-order valence-corrected chi connectivity index (χ2v) is 9.09. The Morgan fingerprint density at radius 2 is 1.90 bits per heavy atom. The molecule has 1 aromatic heterocycles. The van der Waals surface area contributed by atoms with Crippen LogP contribution in [0, 0.1) is 5.92 Å². The summed E-state index contributed by atoms with van der Waals surface area (Å²) < 4.78 is 7.71. The molecule has 2 saturated carbocycles. The van der Waals surface area contributed by atoms with Crippen molar-refractivity contribution in [1.82, 2.24) is 14.8 Å². The summed E-state index contributed by atoms with van der Waals surface area (Å²) in [6, 6.07) is 7.73. The lowest BCUT2D eigenvalue weighted by Crippen LogP contribution is -2.61. The van der Waals surface area contributed by atoms with E-state index < -0.39 is 0 Å². The smallest absolute Gasteiger partial charge is 0.264 e. The zero-order valence-electron chi connectivity index (χ0n) is 18.1. The fourth-order valence-corrected chi connectivity index (χ4v) is 6.24. The normalized spacial score (nSPS) is 24.9. The second-order valence-electron chi connectivity index (χ2n) is 9.09. The number of aryl methyl sites for hydroxylation is 1. The minimum absolute atomic E-state index is 0.00804. The fourth-order valence-electron chi connectivity index (χ4n) is 6.24. The zero-order valence-corrected chi connectivity index (χ0v) is 18.1. The van der Waals surface area contributed by atoms with Crippen LogP contribution in [0.25, 0.3) is 0 Å². The summed E-state index contributed by atoms with van der Waals surface area (Å²) in [6.07, 6.45) is 11.5. The van der Waals surface area contributed by atoms with E-state index in [2.05, 4.69) is 11.6 Å². The van der Waals surface area contributed by atoms with Crippen LogP contribution in [0.1, 0.15) is 80.9 Å². The van der Waals surface area contributed by atoms with Crippen LogP contribution in [0.2, 0.25) is 0 Å². The summed E-state index contributed by atoms with van der Waals surface area (Å²) in [4.78, 5) is 20.8. The minimum Gasteiger partial charge on any atom is -0.496 e. The van der Waals surface area contributed by atoms with Crippen LogP contribution in [0.15, 0.2) is 24.3 Å². The van der Waals surface area contributed by atoms with Crippen LogP contribution < -0.4 is 9.64 Å². The van der Waals surface area contributed by atoms with Gasteiger partial charge in [0.25, 0.3) is 5.91 Å². The van der Waals surface area contributed by atoms with Crippen LogP contribution in [-0.4, -0.2) is 33.8 Å². The van der Waals surface area contributed by atoms with Gasteiger partial charge in [0.05, 0.1) is 18.2 Å². The Bertz CT molecular complexity index is 931. The molecule has 2 fully saturated rings. The van der Waals surface area contributed by atoms with E-state index in [-0.39, 0.29) is 17.5 Å². The number of ether oxygens (including phenoxy) is 1. The number of carbonyl (C=O) groups excluding carboxylic acids is 1. The van der Waals surface area contributed by atoms with E-state index in [1.807, 2.05) is 29.2 Å². The third-order valence-corrected chi connectivity index (χ3v) is 7.61. The highest BCUT2D eigenvalue weighted by molar-refractivity contribution is 6.07. The molecule has 0 bridgehead atoms. The molecule has 0 N–H and O–H groups in total. The Labute approximate surface area is 178 Å². The molecule has 6 heteroatoms. The molecule has 1 spiro atoms. The summed E-state index contributed by atoms with van der Waals surface area (Å²) >= 11 is 0. The largest absolute Gasteiger partial charge is 0.496 e. The van der Waals surface area contributed by atoms with E-state index in [1.54, 1.807) is 7.11 Å². The predicted octanol–water partition coefficient (Wildman–Crippen LogP) is 4.73. The van der Waals surface area contributed by atoms with E-state index in [4.69, 9.17) is 14.8 Å². The van der Waals surface area contributed by atoms with E-state index in [9.17, 15) is 4.79 Å². The Hall–Kier alpha value is -2.37. The summed E-state index contributed by atoms with van der Waals surface area (Å²) in [7, 11) is 1.63. The molecule has 1 aromatic carbocycles. The summed E-state index contributed by atoms with van der Waals surface area (Å²) in [5.74, 6) is 2.66. The maximum atomic E-state index is 13.9. The van der Waals surface area contributed by atoms with E-state index in [0.29, 0.717) is 17.2 Å². The summed E-state index contributed by atoms with van der Waals surface area (Å²) in [6.45, 7) is 2.09. The van der Waals surface area contributed by atoms with Crippen LogP contribution in [0.3, 0.4) is 0 Å². The first-order valence-corrected chi connectivity index (χ1v) is 11.6. The molecule has 3 aliphatic rings. The van der Waals surface area contributed by atoms with Crippen molar-refractivity contribution in [2.45, 2.75) is 82.7 Å². The van der Waals surface area contributed by atoms with Gasteiger partial charge in [0, 0.05) is 18.4 Å². The first kappa shape index (κ1) is 19.6. The third-order valence-electron chi connectivity index (χ3n) is 7.61. The molecule has 0 saturated heterocycles. The average molecular weight is 409 g/mol. The van der Waals surface area contributed by atoms with Crippen molar-refractivity contribution >= 4 is 11.9 Å². The molecule has 1 aliphatic heterocycles. The molecule has 1 amide bonds. The van der Waals surface area contributed by atoms with E-state index >= 15 is 0 Å². The zero-order chi connectivity index (χ0) is 20.7. The highest BCUT2D eigenvalue weighted by Crippen LogP contribution is 2.53. The van der Waals surface area contributed by atoms with Gasteiger partial charge in [-0.1, -0.05) is 51.2 Å². The Morgan fingerprint density at radius 3 is 2.67 bits per heavy atom. The highest BCUT2D eigenvalue weighted by atomic mass is 16.5. The molecule has 2 aliphatic carbocycles. The molecular formula is C24H32N4O2. The van der Waals surface area contributed by atoms with Gasteiger partial charge >= 0.3 is 0 Å². The maximum Gasteiger partial charge on any atom is 0.264 e. The number of para-hydroxylation sites is 1. The van der Waals surface area contributed by atoms with Crippen LogP contribution in [0.5, 0.6) is 5.75 Å². The van der Waals surface area contributed by atoms with Crippen molar-refractivity contribution in [3.05, 3.63) is 35.7 Å². The third kappa shape index (κ3) is 2.87. The topological polar surface area (TPSA) is 60.2 Å². The van der Waals surface area contributed by atoms with Gasteiger partial charge in [-0.3, -0.25) is 9.69 Å². The van der Waals surface area contributed by atoms with Gasteiger partial charge in [-0.05, 0) is 37.8 Å². The van der Waals surface area contributed by atoms with Gasteiger partial charge in [-0.25, -0.2) is 4.68 Å². The lowest BCUT2D eigenvalue weighted by molar-refractivity contribution is 0.0310. The van der Waals surface area contributed by atoms with Crippen molar-refractivity contribution in [1.29, 1.82) is 0 Å². The number of aromatic nitrogens is 3. The number of fused-ring (bicyclic) bond motifs is 4. The molecule has 2 aromatic rings. The quantitative estimate of drug-likeness (QED) is 0.737. The predicted molar refractivity (Wildman–Crippen MR) is 116 cm³/mol. The molecule has 6 nitrogen and oxygen atoms in total. The van der Waals surface area contributed by atoms with Gasteiger partial charge in [0.1, 0.15) is 5.75 Å². The van der Waals surface area contributed by atoms with E-state index in [0.717, 1.165) is 37.5 Å². The lowest BCUT2D eigenvalue weighted by Gasteiger charge is -2.55. The van der Waals surface area contributed by atoms with Gasteiger partial charge < -0.3 is 4.74 Å². The van der Waals surface area contributed by atoms with E-state index in [1.165, 1.54) is 38.5 Å². The first-order chi connectivity index (χ1) is 14.7. The van der Waals surface area contributed by atoms with Crippen LogP contribution in [0.4, 0.5) is 5.95 Å². The van der Waals surface area contributed by atoms with Crippen molar-refractivity contribution in [2.24, 2.45) is 5.92 Å². The van der Waals surface area contributed by atoms with Crippen LogP contribution >= 0.6 is 0 Å². The number of nitrogens with zero attached hydrogens (tertiary/aromatic N) is 4. The number of hydrogen-bond donors (Lipinski definition) is 0. The van der Waals surface area contributed by atoms with Gasteiger partial charge in [0.2, 0.25) is 5.95 Å². The molecule has 5 rings (SSSR count). The van der Waals surface area contributed by atoms with Crippen molar-refractivity contribution in [3.63, 3.8) is 0 Å². The fraction of sp³-hybridized carbons (Fsp3) is 0.625. The minimum atomic E-state index is -0.00804. The molecular weight excluding hydrogens is 376 g/mol. The van der Waals surface area contributed by atoms with Gasteiger partial charge in [0.15, 0.2) is 5.82 Å². The molecule has 0 radical (unpaired) electrons. The number of amides is 1. The lowest BCUT2D eigenvalue weighted by atomic mass is 9.64. The van der Waals surface area contributed by atoms with Gasteiger partial charge in [-0.15, -0.1) is 0 Å². The number of methoxy groups -OCH3 is 1. The standard InChI is InChI=1S/C24H32N4O2/c1-3-21-25-23-27(22(29)17-11-5-8-14-20(17)30-2)19-13-7-6-12-18(19)24(28(23)26-21)15-9-4-10-16-24/h5,8,11,14,18-19H,3-4,6-7,9-10,12-13,15-16H2,1-2H3/t18-,19+/m1/s1. The molecule has 160 valence electrons. The SMILES string of the molecule is CCc1nc2n(n1)C1(CCCCC1)[C@@H]1CCCC[C@@H]1N2C(=O)c1ccccc1OC. The van der Waals surface area contributed by atoms with Crippen molar-refractivity contribution < 1.29 is 9.53 Å². The first-order valence-electron chi connectivity index (χ1n) is 11.6. The number of anilines is 1. The highest BCUT2D eigenvalue weighted by Gasteiger charge is 2.55. The number of hydrogen-bond acceptors (Lipinski definition) is 4. The Morgan fingerprint density at radius 1 is 1.13 bits per heavy atom. The molecule has 2 atom stereocenters. The number of benzene rings is 1. The number of rotatable bonds is 3. The number of carbonyl (C=O) groups is 1. The van der Waals surface area contributed by atoms with Crippen LogP contribution in [-0.2, 0) is 12.0 Å². The molecule has 2 heterocycles. The summed E-state index contributed by atoms with van der Waals surface area (Å²) in [5, 5.41) is 4.99. The Balaban J connectivity index is 1.67. The molecule has 30 heavy (non-hydrogen) atoms. The Kier molecular flexibility index (Phi) is 5.03. The maximum absolute atomic E-state index is 13.9. The molecule has 0 unspecified atom stereocenters. The summed E-state index contributed by atoms with van der Waals surface area (Å²) in [5.41, 5.74) is 0.632. The second kappa shape index (κ2) is 7.71. The van der Waals surface area contributed by atoms with Crippen molar-refractivity contribution in [2.75, 3.05) is 12.0 Å². The van der Waals surface area contributed by atoms with Gasteiger partial charge in [-0.2, -0.15) is 10.1 Å². The monoisotopic (exact) mass is 408 g/mol. The van der Waals surface area contributed by atoms with Crippen molar-refractivity contribution in [3.8, 4) is 5.75 Å².